The molecule has 10 heterocycles. The van der Waals surface area contributed by atoms with Gasteiger partial charge in [-0.1, -0.05) is 58.9 Å². The first-order valence-corrected chi connectivity index (χ1v) is 38.5. The standard InChI is InChI=1S/C14H22N4O2Si.C12H18BrN3OSi.C12H20N4OSi.C8H8N4O.C6H4BrN3/c1-11(19)16-13-9-15-14-12(17-13)5-6-18(14)10-20-7-8-21(2,3)4;2*1-18(2,3)7-6-17-9-16-5-4-10-12(16)14-8-11(13)15-10;1-5(13)11-7-4-10-8-6(12-7)2-3-9-8;7-5-3-9-6-4(10-5)1-2-8-6/h5-6,9H,7-8,10H2,1-4H3,(H,16,17,19);4-5,8H,6-7,9H2,1-3H3;4-5,8H,6-7,9H2,1-3H3,(H2,13,15);2-4H,1H3,(H,9,10)(H,11,12,13);1-3H,(H,8,9). The molecule has 0 aliphatic carbocycles. The highest BCUT2D eigenvalue weighted by Crippen LogP contribution is 2.18. The summed E-state index contributed by atoms with van der Waals surface area (Å²) in [4.78, 5) is 69.9. The van der Waals surface area contributed by atoms with Crippen LogP contribution in [0.3, 0.4) is 0 Å². The SMILES string of the molecule is Brc1cnc2[nH]ccc2n1.CC(=O)Nc1cnc2[nH]ccc2n1.CC(=O)Nc1cnc2c(ccn2COCC[Si](C)(C)C)n1.C[Si](C)(C)CCOCn1ccc2nc(Br)cnc21.C[Si](C)(C)CCOCn1ccc2nc(N)cnc21. The number of H-pyrrole nitrogens is 2. The van der Waals surface area contributed by atoms with E-state index in [2.05, 4.69) is 161 Å². The monoisotopic (exact) mass is 1270 g/mol. The topological polar surface area (TPSA) is 287 Å². The van der Waals surface area contributed by atoms with E-state index in [-0.39, 0.29) is 11.8 Å². The van der Waals surface area contributed by atoms with Gasteiger partial charge in [0.25, 0.3) is 0 Å². The van der Waals surface area contributed by atoms with E-state index in [9.17, 15) is 9.59 Å². The minimum Gasteiger partial charge on any atom is -0.382 e. The molecule has 10 rings (SSSR count). The lowest BCUT2D eigenvalue weighted by molar-refractivity contribution is -0.115. The Morgan fingerprint density at radius 2 is 0.850 bits per heavy atom. The van der Waals surface area contributed by atoms with Gasteiger partial charge in [0.2, 0.25) is 11.8 Å². The van der Waals surface area contributed by atoms with Crippen molar-refractivity contribution in [3.8, 4) is 0 Å². The molecule has 0 spiro atoms. The Hall–Kier alpha value is -6.67. The van der Waals surface area contributed by atoms with E-state index in [1.807, 2.05) is 62.8 Å². The minimum atomic E-state index is -1.06. The molecule has 80 heavy (non-hydrogen) atoms. The number of rotatable bonds is 17. The number of nitrogen functional groups attached to an aromatic ring is 1. The average Bonchev–Trinajstić information content (AvgIpc) is 4.26. The quantitative estimate of drug-likeness (QED) is 0.0418. The second-order valence-corrected chi connectivity index (χ2v) is 40.5. The second-order valence-electron chi connectivity index (χ2n) is 22.0. The zero-order valence-corrected chi connectivity index (χ0v) is 53.4. The Morgan fingerprint density at radius 3 is 1.30 bits per heavy atom. The maximum absolute atomic E-state index is 11.0. The number of aromatic amines is 2. The van der Waals surface area contributed by atoms with Crippen LogP contribution in [0.2, 0.25) is 77.1 Å². The number of hydrogen-bond acceptors (Lipinski definition) is 16. The summed E-state index contributed by atoms with van der Waals surface area (Å²) < 4.78 is 24.5. The lowest BCUT2D eigenvalue weighted by atomic mass is 10.5. The van der Waals surface area contributed by atoms with Gasteiger partial charge >= 0.3 is 0 Å². The smallest absolute Gasteiger partial charge is 0.222 e. The molecule has 2 amide bonds. The molecule has 23 nitrogen and oxygen atoms in total. The van der Waals surface area contributed by atoms with Gasteiger partial charge in [0.05, 0.1) is 31.0 Å². The van der Waals surface area contributed by atoms with Crippen molar-refractivity contribution in [1.29, 1.82) is 0 Å². The zero-order chi connectivity index (χ0) is 58.0. The molecular formula is C52H72Br2N18O5Si3. The molecule has 0 atom stereocenters. The molecule has 0 bridgehead atoms. The van der Waals surface area contributed by atoms with Crippen LogP contribution in [0.1, 0.15) is 13.8 Å². The number of nitrogens with zero attached hydrogens (tertiary/aromatic N) is 13. The number of hydrogen-bond donors (Lipinski definition) is 5. The van der Waals surface area contributed by atoms with Crippen LogP contribution in [-0.2, 0) is 44.0 Å². The first-order valence-electron chi connectivity index (χ1n) is 25.8. The van der Waals surface area contributed by atoms with Gasteiger partial charge in [0.1, 0.15) is 62.8 Å². The number of amides is 2. The number of carbonyl (C=O) groups excluding carboxylic acids is 2. The molecule has 0 saturated heterocycles. The van der Waals surface area contributed by atoms with Crippen LogP contribution in [0.25, 0.3) is 55.8 Å². The molecule has 0 aliphatic heterocycles. The summed E-state index contributed by atoms with van der Waals surface area (Å²) in [5.41, 5.74) is 13.6. The maximum Gasteiger partial charge on any atom is 0.222 e. The Kier molecular flexibility index (Phi) is 22.8. The highest BCUT2D eigenvalue weighted by Gasteiger charge is 2.15. The van der Waals surface area contributed by atoms with Crippen molar-refractivity contribution in [3.63, 3.8) is 0 Å². The zero-order valence-electron chi connectivity index (χ0n) is 47.2. The molecule has 0 unspecified atom stereocenters. The maximum atomic E-state index is 11.0. The fourth-order valence-corrected chi connectivity index (χ4v) is 9.79. The van der Waals surface area contributed by atoms with Crippen molar-refractivity contribution in [3.05, 3.63) is 102 Å². The number of halogens is 2. The third-order valence-corrected chi connectivity index (χ3v) is 17.0. The molecule has 28 heteroatoms. The summed E-state index contributed by atoms with van der Waals surface area (Å²) in [6.07, 6.45) is 17.4. The van der Waals surface area contributed by atoms with Crippen LogP contribution >= 0.6 is 31.9 Å². The lowest BCUT2D eigenvalue weighted by Gasteiger charge is -2.15. The molecule has 6 N–H and O–H groups in total. The molecule has 10 aromatic rings. The normalized spacial score (nSPS) is 11.6. The van der Waals surface area contributed by atoms with Crippen LogP contribution in [-0.4, -0.2) is 129 Å². The summed E-state index contributed by atoms with van der Waals surface area (Å²) in [6, 6.07) is 12.9. The average molecular weight is 1270 g/mol. The van der Waals surface area contributed by atoms with E-state index in [0.717, 1.165) is 85.2 Å². The van der Waals surface area contributed by atoms with Crippen molar-refractivity contribution < 1.29 is 23.8 Å². The molecule has 0 aromatic carbocycles. The predicted octanol–water partition coefficient (Wildman–Crippen LogP) is 11.2. The Balaban J connectivity index is 0.000000164. The Bertz CT molecular complexity index is 3490. The van der Waals surface area contributed by atoms with Gasteiger partial charge < -0.3 is 54.2 Å². The molecule has 0 aliphatic rings. The van der Waals surface area contributed by atoms with Gasteiger partial charge in [-0.25, -0.2) is 49.8 Å². The second kappa shape index (κ2) is 29.2. The highest BCUT2D eigenvalue weighted by atomic mass is 79.9. The minimum absolute atomic E-state index is 0.149. The van der Waals surface area contributed by atoms with Crippen LogP contribution in [0.15, 0.2) is 102 Å². The van der Waals surface area contributed by atoms with E-state index >= 15 is 0 Å². The molecule has 426 valence electrons. The summed E-state index contributed by atoms with van der Waals surface area (Å²) in [5.74, 6) is 1.08. The number of fused-ring (bicyclic) bond motifs is 5. The van der Waals surface area contributed by atoms with Gasteiger partial charge in [0, 0.05) is 88.9 Å². The van der Waals surface area contributed by atoms with E-state index in [1.165, 1.54) is 32.1 Å². The van der Waals surface area contributed by atoms with Crippen LogP contribution in [0.4, 0.5) is 17.5 Å². The van der Waals surface area contributed by atoms with Gasteiger partial charge in [-0.2, -0.15) is 0 Å². The van der Waals surface area contributed by atoms with Gasteiger partial charge in [-0.05, 0) is 80.3 Å². The Labute approximate surface area is 484 Å². The fraction of sp³-hybridized carbons (Fsp3) is 0.385. The lowest BCUT2D eigenvalue weighted by Crippen LogP contribution is -2.22. The van der Waals surface area contributed by atoms with Gasteiger partial charge in [-0.3, -0.25) is 9.59 Å². The molecule has 10 aromatic heterocycles. The summed E-state index contributed by atoms with van der Waals surface area (Å²) in [7, 11) is -3.09. The van der Waals surface area contributed by atoms with E-state index in [4.69, 9.17) is 19.9 Å². The number of nitrogens with two attached hydrogens (primary N) is 1. The van der Waals surface area contributed by atoms with E-state index in [1.54, 1.807) is 37.1 Å². The van der Waals surface area contributed by atoms with Gasteiger partial charge in [0.15, 0.2) is 39.9 Å². The van der Waals surface area contributed by atoms with Gasteiger partial charge in [-0.15, -0.1) is 0 Å². The highest BCUT2D eigenvalue weighted by molar-refractivity contribution is 9.10. The van der Waals surface area contributed by atoms with E-state index in [0.29, 0.717) is 43.3 Å². The van der Waals surface area contributed by atoms with Crippen molar-refractivity contribution in [2.24, 2.45) is 0 Å². The summed E-state index contributed by atoms with van der Waals surface area (Å²) >= 11 is 6.55. The number of anilines is 3. The Morgan fingerprint density at radius 1 is 0.500 bits per heavy atom. The van der Waals surface area contributed by atoms with Crippen molar-refractivity contribution in [1.82, 2.24) is 73.5 Å². The first-order chi connectivity index (χ1) is 37.9. The molecule has 0 radical (unpaired) electrons. The number of ether oxygens (including phenoxy) is 3. The third kappa shape index (κ3) is 21.1. The summed E-state index contributed by atoms with van der Waals surface area (Å²) in [5, 5.41) is 5.19. The first kappa shape index (κ1) is 62.5. The predicted molar refractivity (Wildman–Crippen MR) is 331 cm³/mol. The van der Waals surface area contributed by atoms with Crippen molar-refractivity contribution in [2.45, 2.75) is 111 Å². The largest absolute Gasteiger partial charge is 0.382 e. The van der Waals surface area contributed by atoms with Crippen molar-refractivity contribution in [2.75, 3.05) is 36.2 Å². The molecule has 0 fully saturated rings. The number of carbonyl (C=O) groups is 2. The molecule has 0 saturated carbocycles. The molecular weight excluding hydrogens is 1200 g/mol. The number of nitrogens with one attached hydrogen (secondary N) is 4. The van der Waals surface area contributed by atoms with Crippen LogP contribution in [0.5, 0.6) is 0 Å². The summed E-state index contributed by atoms with van der Waals surface area (Å²) in [6.45, 7) is 27.9. The van der Waals surface area contributed by atoms with E-state index < -0.39 is 24.2 Å². The van der Waals surface area contributed by atoms with Crippen molar-refractivity contribution >= 4 is 141 Å². The van der Waals surface area contributed by atoms with Crippen LogP contribution < -0.4 is 16.4 Å². The fourth-order valence-electron chi connectivity index (χ4n) is 6.93. The van der Waals surface area contributed by atoms with Crippen LogP contribution in [0, 0.1) is 0 Å². The third-order valence-electron chi connectivity index (χ3n) is 11.2. The number of aromatic nitrogens is 15.